The van der Waals surface area contributed by atoms with Crippen molar-refractivity contribution >= 4 is 11.5 Å². The van der Waals surface area contributed by atoms with E-state index in [0.29, 0.717) is 5.92 Å². The average molecular weight is 277 g/mol. The number of aromatic nitrogens is 2. The number of imidazole rings is 1. The number of nitrogens with two attached hydrogens (primary N) is 1. The van der Waals surface area contributed by atoms with E-state index in [1.165, 1.54) is 23.1 Å². The van der Waals surface area contributed by atoms with E-state index in [9.17, 15) is 0 Å². The van der Waals surface area contributed by atoms with Crippen LogP contribution in [0.25, 0.3) is 5.65 Å². The van der Waals surface area contributed by atoms with Gasteiger partial charge in [0.1, 0.15) is 11.5 Å². The second kappa shape index (κ2) is 4.62. The Hall–Kier alpha value is -2.29. The van der Waals surface area contributed by atoms with Gasteiger partial charge in [0, 0.05) is 6.20 Å². The summed E-state index contributed by atoms with van der Waals surface area (Å²) in [6.07, 6.45) is 5.45. The van der Waals surface area contributed by atoms with Crippen LogP contribution in [0.2, 0.25) is 0 Å². The molecule has 1 aliphatic carbocycles. The molecule has 0 saturated carbocycles. The summed E-state index contributed by atoms with van der Waals surface area (Å²) in [7, 11) is 0. The van der Waals surface area contributed by atoms with Gasteiger partial charge in [-0.1, -0.05) is 30.3 Å². The molecule has 1 aliphatic rings. The smallest absolute Gasteiger partial charge is 0.142 e. The van der Waals surface area contributed by atoms with Gasteiger partial charge < -0.3 is 5.73 Å². The first-order valence-electron chi connectivity index (χ1n) is 7.54. The van der Waals surface area contributed by atoms with Crippen molar-refractivity contribution in [3.05, 3.63) is 65.0 Å². The Balaban J connectivity index is 1.82. The Bertz CT molecular complexity index is 802. The van der Waals surface area contributed by atoms with E-state index < -0.39 is 0 Å². The molecule has 1 unspecified atom stereocenters. The SMILES string of the molecule is Cc1nc2c3c(ccn2c1N)CCC(c1ccccc1)C3. The van der Waals surface area contributed by atoms with Crippen LogP contribution in [0, 0.1) is 6.92 Å². The third-order valence-electron chi connectivity index (χ3n) is 4.70. The molecule has 2 heterocycles. The van der Waals surface area contributed by atoms with E-state index in [1.54, 1.807) is 0 Å². The van der Waals surface area contributed by atoms with Crippen molar-refractivity contribution in [3.8, 4) is 0 Å². The molecule has 0 amide bonds. The summed E-state index contributed by atoms with van der Waals surface area (Å²) in [5, 5.41) is 0. The number of fused-ring (bicyclic) bond motifs is 3. The molecule has 21 heavy (non-hydrogen) atoms. The van der Waals surface area contributed by atoms with Gasteiger partial charge in [-0.3, -0.25) is 4.40 Å². The van der Waals surface area contributed by atoms with E-state index >= 15 is 0 Å². The van der Waals surface area contributed by atoms with Gasteiger partial charge in [0.2, 0.25) is 0 Å². The van der Waals surface area contributed by atoms with Crippen molar-refractivity contribution in [2.24, 2.45) is 0 Å². The zero-order valence-corrected chi connectivity index (χ0v) is 12.2. The maximum atomic E-state index is 6.12. The lowest BCUT2D eigenvalue weighted by Gasteiger charge is -2.25. The molecule has 0 bridgehead atoms. The Morgan fingerprint density at radius 1 is 1.19 bits per heavy atom. The fourth-order valence-electron chi connectivity index (χ4n) is 3.48. The standard InChI is InChI=1S/C18H19N3/c1-12-17(19)21-10-9-14-7-8-15(11-16(14)18(21)20-12)13-5-3-2-4-6-13/h2-6,9-10,15H,7-8,11,19H2,1H3. The minimum atomic E-state index is 0.586. The minimum Gasteiger partial charge on any atom is -0.383 e. The van der Waals surface area contributed by atoms with Gasteiger partial charge in [-0.25, -0.2) is 4.98 Å². The summed E-state index contributed by atoms with van der Waals surface area (Å²) >= 11 is 0. The predicted molar refractivity (Wildman–Crippen MR) is 85.5 cm³/mol. The quantitative estimate of drug-likeness (QED) is 0.740. The molecule has 0 saturated heterocycles. The fourth-order valence-corrected chi connectivity index (χ4v) is 3.48. The van der Waals surface area contributed by atoms with Crippen molar-refractivity contribution in [3.63, 3.8) is 0 Å². The number of nitrogen functional groups attached to an aromatic ring is 1. The zero-order valence-electron chi connectivity index (χ0n) is 12.2. The second-order valence-electron chi connectivity index (χ2n) is 5.95. The lowest BCUT2D eigenvalue weighted by Crippen LogP contribution is -2.14. The van der Waals surface area contributed by atoms with Crippen LogP contribution in [0.15, 0.2) is 42.6 Å². The molecule has 3 aromatic rings. The molecule has 0 radical (unpaired) electrons. The van der Waals surface area contributed by atoms with E-state index in [0.717, 1.165) is 30.0 Å². The van der Waals surface area contributed by atoms with Crippen molar-refractivity contribution < 1.29 is 0 Å². The van der Waals surface area contributed by atoms with Crippen molar-refractivity contribution in [2.45, 2.75) is 32.1 Å². The zero-order chi connectivity index (χ0) is 14.4. The molecule has 4 rings (SSSR count). The van der Waals surface area contributed by atoms with Gasteiger partial charge in [-0.2, -0.15) is 0 Å². The summed E-state index contributed by atoms with van der Waals surface area (Å²) in [6, 6.07) is 13.0. The first-order chi connectivity index (χ1) is 10.2. The van der Waals surface area contributed by atoms with Crippen LogP contribution in [-0.2, 0) is 12.8 Å². The Labute approximate surface area is 124 Å². The molecule has 1 atom stereocenters. The predicted octanol–water partition coefficient (Wildman–Crippen LogP) is 3.50. The summed E-state index contributed by atoms with van der Waals surface area (Å²) in [4.78, 5) is 4.69. The molecule has 1 aromatic carbocycles. The van der Waals surface area contributed by atoms with E-state index in [1.807, 2.05) is 11.3 Å². The molecule has 0 fully saturated rings. The van der Waals surface area contributed by atoms with Crippen LogP contribution in [0.3, 0.4) is 0 Å². The average Bonchev–Trinajstić information content (AvgIpc) is 2.83. The van der Waals surface area contributed by atoms with Gasteiger partial charge >= 0.3 is 0 Å². The van der Waals surface area contributed by atoms with Crippen LogP contribution in [0.1, 0.15) is 34.7 Å². The highest BCUT2D eigenvalue weighted by Crippen LogP contribution is 2.35. The number of benzene rings is 1. The monoisotopic (exact) mass is 277 g/mol. The van der Waals surface area contributed by atoms with Crippen LogP contribution < -0.4 is 5.73 Å². The van der Waals surface area contributed by atoms with Crippen LogP contribution >= 0.6 is 0 Å². The summed E-state index contributed by atoms with van der Waals surface area (Å²) in [5.74, 6) is 1.35. The first kappa shape index (κ1) is 12.5. The third-order valence-corrected chi connectivity index (χ3v) is 4.70. The van der Waals surface area contributed by atoms with Crippen LogP contribution in [-0.4, -0.2) is 9.38 Å². The number of rotatable bonds is 1. The number of pyridine rings is 1. The summed E-state index contributed by atoms with van der Waals surface area (Å²) in [5.41, 5.74) is 12.3. The number of anilines is 1. The van der Waals surface area contributed by atoms with E-state index in [4.69, 9.17) is 10.7 Å². The lowest BCUT2D eigenvalue weighted by molar-refractivity contribution is 0.585. The maximum Gasteiger partial charge on any atom is 0.142 e. The molecule has 2 aromatic heterocycles. The van der Waals surface area contributed by atoms with Gasteiger partial charge in [-0.15, -0.1) is 0 Å². The van der Waals surface area contributed by atoms with E-state index in [2.05, 4.69) is 42.6 Å². The van der Waals surface area contributed by atoms with Gasteiger partial charge in [0.15, 0.2) is 0 Å². The topological polar surface area (TPSA) is 43.3 Å². The summed E-state index contributed by atoms with van der Waals surface area (Å²) in [6.45, 7) is 1.98. The highest BCUT2D eigenvalue weighted by molar-refractivity contribution is 5.60. The molecule has 106 valence electrons. The third kappa shape index (κ3) is 1.92. The molecular weight excluding hydrogens is 258 g/mol. The van der Waals surface area contributed by atoms with Crippen molar-refractivity contribution in [1.82, 2.24) is 9.38 Å². The molecule has 0 spiro atoms. The first-order valence-corrected chi connectivity index (χ1v) is 7.54. The number of hydrogen-bond acceptors (Lipinski definition) is 2. The highest BCUT2D eigenvalue weighted by atomic mass is 15.1. The Morgan fingerprint density at radius 3 is 2.81 bits per heavy atom. The van der Waals surface area contributed by atoms with Gasteiger partial charge in [0.05, 0.1) is 5.69 Å². The number of nitrogens with zero attached hydrogens (tertiary/aromatic N) is 2. The largest absolute Gasteiger partial charge is 0.383 e. The van der Waals surface area contributed by atoms with Gasteiger partial charge in [-0.05, 0) is 54.9 Å². The molecular formula is C18H19N3. The van der Waals surface area contributed by atoms with Crippen molar-refractivity contribution in [1.29, 1.82) is 0 Å². The van der Waals surface area contributed by atoms with Crippen molar-refractivity contribution in [2.75, 3.05) is 5.73 Å². The molecule has 3 nitrogen and oxygen atoms in total. The number of aryl methyl sites for hydroxylation is 2. The minimum absolute atomic E-state index is 0.586. The Kier molecular flexibility index (Phi) is 2.74. The van der Waals surface area contributed by atoms with E-state index in [-0.39, 0.29) is 0 Å². The lowest BCUT2D eigenvalue weighted by atomic mass is 9.81. The normalized spacial score (nSPS) is 17.9. The van der Waals surface area contributed by atoms with Gasteiger partial charge in [0.25, 0.3) is 0 Å². The number of hydrogen-bond donors (Lipinski definition) is 1. The fraction of sp³-hybridized carbons (Fsp3) is 0.278. The summed E-state index contributed by atoms with van der Waals surface area (Å²) < 4.78 is 2.03. The second-order valence-corrected chi connectivity index (χ2v) is 5.95. The molecule has 3 heteroatoms. The van der Waals surface area contributed by atoms with Crippen LogP contribution in [0.4, 0.5) is 5.82 Å². The molecule has 2 N–H and O–H groups in total. The van der Waals surface area contributed by atoms with Crippen LogP contribution in [0.5, 0.6) is 0 Å². The molecule has 0 aliphatic heterocycles. The Morgan fingerprint density at radius 2 is 2.00 bits per heavy atom. The highest BCUT2D eigenvalue weighted by Gasteiger charge is 2.23. The maximum absolute atomic E-state index is 6.12.